The Morgan fingerprint density at radius 3 is 2.69 bits per heavy atom. The summed E-state index contributed by atoms with van der Waals surface area (Å²) in [4.78, 5) is 4.02. The van der Waals surface area contributed by atoms with Crippen LogP contribution >= 0.6 is 0 Å². The first-order chi connectivity index (χ1) is 7.84. The van der Waals surface area contributed by atoms with Gasteiger partial charge in [0.2, 0.25) is 0 Å². The molecule has 0 aromatic carbocycles. The number of aromatic nitrogens is 1. The quantitative estimate of drug-likeness (QED) is 0.686. The second-order valence-corrected chi connectivity index (χ2v) is 4.01. The van der Waals surface area contributed by atoms with E-state index in [0.29, 0.717) is 6.04 Å². The minimum atomic E-state index is 0.408. The normalized spacial score (nSPS) is 12.6. The Kier molecular flexibility index (Phi) is 6.77. The van der Waals surface area contributed by atoms with Crippen molar-refractivity contribution in [3.8, 4) is 0 Å². The number of methoxy groups -OCH3 is 1. The highest BCUT2D eigenvalue weighted by Crippen LogP contribution is 2.09. The zero-order valence-electron chi connectivity index (χ0n) is 10.3. The van der Waals surface area contributed by atoms with Crippen molar-refractivity contribution < 1.29 is 4.74 Å². The van der Waals surface area contributed by atoms with Gasteiger partial charge in [-0.15, -0.1) is 0 Å². The van der Waals surface area contributed by atoms with Crippen molar-refractivity contribution in [2.24, 2.45) is 0 Å². The lowest BCUT2D eigenvalue weighted by Crippen LogP contribution is -2.19. The predicted molar refractivity (Wildman–Crippen MR) is 66.4 cm³/mol. The van der Waals surface area contributed by atoms with Crippen LogP contribution in [-0.2, 0) is 4.74 Å². The molecule has 90 valence electrons. The van der Waals surface area contributed by atoms with E-state index in [4.69, 9.17) is 4.74 Å². The molecule has 1 rings (SSSR count). The molecule has 0 aliphatic carbocycles. The Labute approximate surface area is 98.2 Å². The number of rotatable bonds is 8. The summed E-state index contributed by atoms with van der Waals surface area (Å²) >= 11 is 0. The van der Waals surface area contributed by atoms with Gasteiger partial charge in [0.25, 0.3) is 0 Å². The largest absolute Gasteiger partial charge is 0.385 e. The van der Waals surface area contributed by atoms with E-state index in [1.807, 2.05) is 12.4 Å². The van der Waals surface area contributed by atoms with Gasteiger partial charge >= 0.3 is 0 Å². The Hall–Kier alpha value is -0.930. The lowest BCUT2D eigenvalue weighted by atomic mass is 10.1. The molecule has 0 bridgehead atoms. The molecule has 3 heteroatoms. The Bertz CT molecular complexity index is 264. The fourth-order valence-electron chi connectivity index (χ4n) is 1.64. The van der Waals surface area contributed by atoms with Crippen LogP contribution in [0.1, 0.15) is 37.8 Å². The van der Waals surface area contributed by atoms with Crippen LogP contribution in [0.2, 0.25) is 0 Å². The van der Waals surface area contributed by atoms with Crippen molar-refractivity contribution >= 4 is 0 Å². The van der Waals surface area contributed by atoms with Crippen LogP contribution in [-0.4, -0.2) is 25.2 Å². The van der Waals surface area contributed by atoms with Crippen LogP contribution in [0, 0.1) is 0 Å². The summed E-state index contributed by atoms with van der Waals surface area (Å²) in [6.07, 6.45) is 7.27. The fourth-order valence-corrected chi connectivity index (χ4v) is 1.64. The van der Waals surface area contributed by atoms with E-state index in [9.17, 15) is 0 Å². The molecule has 1 aromatic rings. The smallest absolute Gasteiger partial charge is 0.0462 e. The molecule has 16 heavy (non-hydrogen) atoms. The molecule has 0 aliphatic heterocycles. The van der Waals surface area contributed by atoms with Crippen molar-refractivity contribution in [1.29, 1.82) is 0 Å². The Morgan fingerprint density at radius 1 is 1.25 bits per heavy atom. The number of hydrogen-bond donors (Lipinski definition) is 1. The van der Waals surface area contributed by atoms with Crippen LogP contribution in [0.25, 0.3) is 0 Å². The van der Waals surface area contributed by atoms with Crippen molar-refractivity contribution in [3.63, 3.8) is 0 Å². The molecule has 0 saturated heterocycles. The first-order valence-electron chi connectivity index (χ1n) is 5.97. The highest BCUT2D eigenvalue weighted by Gasteiger charge is 2.02. The van der Waals surface area contributed by atoms with E-state index in [0.717, 1.165) is 19.6 Å². The number of pyridine rings is 1. The van der Waals surface area contributed by atoms with Crippen LogP contribution in [0.5, 0.6) is 0 Å². The number of nitrogens with one attached hydrogen (secondary N) is 1. The lowest BCUT2D eigenvalue weighted by Gasteiger charge is -2.13. The van der Waals surface area contributed by atoms with Crippen molar-refractivity contribution in [2.45, 2.75) is 32.2 Å². The molecule has 0 spiro atoms. The second-order valence-electron chi connectivity index (χ2n) is 4.01. The van der Waals surface area contributed by atoms with Gasteiger partial charge in [0.05, 0.1) is 0 Å². The van der Waals surface area contributed by atoms with Gasteiger partial charge in [-0.25, -0.2) is 0 Å². The monoisotopic (exact) mass is 222 g/mol. The van der Waals surface area contributed by atoms with E-state index in [2.05, 4.69) is 29.4 Å². The average molecular weight is 222 g/mol. The number of nitrogens with zero attached hydrogens (tertiary/aromatic N) is 1. The fraction of sp³-hybridized carbons (Fsp3) is 0.615. The van der Waals surface area contributed by atoms with Crippen LogP contribution in [0.3, 0.4) is 0 Å². The van der Waals surface area contributed by atoms with Crippen molar-refractivity contribution in [2.75, 3.05) is 20.3 Å². The zero-order chi connectivity index (χ0) is 11.6. The maximum atomic E-state index is 5.01. The van der Waals surface area contributed by atoms with E-state index < -0.39 is 0 Å². The summed E-state index contributed by atoms with van der Waals surface area (Å²) in [7, 11) is 1.75. The van der Waals surface area contributed by atoms with Gasteiger partial charge in [-0.05, 0) is 50.4 Å². The van der Waals surface area contributed by atoms with Crippen LogP contribution in [0.15, 0.2) is 24.5 Å². The van der Waals surface area contributed by atoms with E-state index >= 15 is 0 Å². The summed E-state index contributed by atoms with van der Waals surface area (Å²) in [5.74, 6) is 0. The molecule has 3 nitrogen and oxygen atoms in total. The molecule has 0 radical (unpaired) electrons. The van der Waals surface area contributed by atoms with Gasteiger partial charge in [-0.1, -0.05) is 0 Å². The van der Waals surface area contributed by atoms with Gasteiger partial charge in [-0.3, -0.25) is 4.98 Å². The number of unbranched alkanes of at least 4 members (excludes halogenated alkanes) is 2. The topological polar surface area (TPSA) is 34.1 Å². The summed E-state index contributed by atoms with van der Waals surface area (Å²) in [5, 5.41) is 3.51. The molecule has 0 aliphatic rings. The third kappa shape index (κ3) is 5.24. The van der Waals surface area contributed by atoms with Crippen LogP contribution in [0.4, 0.5) is 0 Å². The highest BCUT2D eigenvalue weighted by atomic mass is 16.5. The van der Waals surface area contributed by atoms with E-state index in [1.54, 1.807) is 7.11 Å². The lowest BCUT2D eigenvalue weighted by molar-refractivity contribution is 0.192. The standard InChI is InChI=1S/C13H22N2O/c1-12(13-6-9-14-10-7-13)15-8-4-3-5-11-16-2/h6-7,9-10,12,15H,3-5,8,11H2,1-2H3. The minimum Gasteiger partial charge on any atom is -0.385 e. The highest BCUT2D eigenvalue weighted by molar-refractivity contribution is 5.13. The second kappa shape index (κ2) is 8.25. The van der Waals surface area contributed by atoms with Crippen molar-refractivity contribution in [1.82, 2.24) is 10.3 Å². The zero-order valence-corrected chi connectivity index (χ0v) is 10.3. The summed E-state index contributed by atoms with van der Waals surface area (Å²) < 4.78 is 5.01. The molecular weight excluding hydrogens is 200 g/mol. The van der Waals surface area contributed by atoms with Gasteiger partial charge < -0.3 is 10.1 Å². The third-order valence-electron chi connectivity index (χ3n) is 2.68. The maximum Gasteiger partial charge on any atom is 0.0462 e. The number of hydrogen-bond acceptors (Lipinski definition) is 3. The average Bonchev–Trinajstić information content (AvgIpc) is 2.34. The first kappa shape index (κ1) is 13.1. The van der Waals surface area contributed by atoms with Crippen LogP contribution < -0.4 is 5.32 Å². The van der Waals surface area contributed by atoms with E-state index in [1.165, 1.54) is 18.4 Å². The van der Waals surface area contributed by atoms with Gasteiger partial charge in [0.15, 0.2) is 0 Å². The molecule has 1 unspecified atom stereocenters. The molecule has 1 aromatic heterocycles. The van der Waals surface area contributed by atoms with E-state index in [-0.39, 0.29) is 0 Å². The Morgan fingerprint density at radius 2 is 2.00 bits per heavy atom. The molecule has 1 heterocycles. The maximum absolute atomic E-state index is 5.01. The Balaban J connectivity index is 2.09. The van der Waals surface area contributed by atoms with Crippen molar-refractivity contribution in [3.05, 3.63) is 30.1 Å². The molecule has 0 fully saturated rings. The molecule has 1 N–H and O–H groups in total. The first-order valence-corrected chi connectivity index (χ1v) is 5.97. The summed E-state index contributed by atoms with van der Waals surface area (Å²) in [5.41, 5.74) is 1.30. The molecule has 1 atom stereocenters. The summed E-state index contributed by atoms with van der Waals surface area (Å²) in [6, 6.07) is 4.52. The molecule has 0 amide bonds. The predicted octanol–water partition coefficient (Wildman–Crippen LogP) is 2.55. The molecular formula is C13H22N2O. The van der Waals surface area contributed by atoms with Gasteiger partial charge in [0, 0.05) is 32.2 Å². The summed E-state index contributed by atoms with van der Waals surface area (Å²) in [6.45, 7) is 4.12. The van der Waals surface area contributed by atoms with Gasteiger partial charge in [-0.2, -0.15) is 0 Å². The third-order valence-corrected chi connectivity index (χ3v) is 2.68. The minimum absolute atomic E-state index is 0.408. The SMILES string of the molecule is COCCCCCNC(C)c1ccncc1. The molecule has 0 saturated carbocycles. The number of ether oxygens (including phenoxy) is 1. The van der Waals surface area contributed by atoms with Gasteiger partial charge in [0.1, 0.15) is 0 Å².